The second kappa shape index (κ2) is 5.44. The van der Waals surface area contributed by atoms with Gasteiger partial charge in [0, 0.05) is 5.69 Å². The lowest BCUT2D eigenvalue weighted by atomic mass is 10.0. The average molecular weight is 306 g/mol. The van der Waals surface area contributed by atoms with Crippen LogP contribution in [0.25, 0.3) is 0 Å². The monoisotopic (exact) mass is 305 g/mol. The van der Waals surface area contributed by atoms with Crippen LogP contribution in [0.5, 0.6) is 11.5 Å². The molecule has 0 amide bonds. The van der Waals surface area contributed by atoms with Gasteiger partial charge in [-0.15, -0.1) is 0 Å². The lowest BCUT2D eigenvalue weighted by Crippen LogP contribution is -1.91. The topological polar surface area (TPSA) is 35.2 Å². The third-order valence-electron chi connectivity index (χ3n) is 2.71. The predicted octanol–water partition coefficient (Wildman–Crippen LogP) is 4.95. The van der Waals surface area contributed by atoms with Gasteiger partial charge >= 0.3 is 0 Å². The third kappa shape index (κ3) is 3.05. The van der Waals surface area contributed by atoms with Crippen LogP contribution in [0.4, 0.5) is 5.69 Å². The molecule has 0 unspecified atom stereocenters. The summed E-state index contributed by atoms with van der Waals surface area (Å²) in [5.41, 5.74) is 7.68. The fourth-order valence-corrected chi connectivity index (χ4v) is 2.14. The molecule has 3 heteroatoms. The van der Waals surface area contributed by atoms with Crippen LogP contribution >= 0.6 is 15.9 Å². The molecule has 94 valence electrons. The second-order valence-electron chi connectivity index (χ2n) is 4.52. The highest BCUT2D eigenvalue weighted by Crippen LogP contribution is 2.32. The fourth-order valence-electron chi connectivity index (χ4n) is 1.66. The molecule has 2 nitrogen and oxygen atoms in total. The van der Waals surface area contributed by atoms with Crippen LogP contribution in [-0.2, 0) is 0 Å². The Bertz CT molecular complexity index is 552. The van der Waals surface area contributed by atoms with Crippen LogP contribution in [0, 0.1) is 0 Å². The number of hydrogen-bond donors (Lipinski definition) is 1. The molecule has 0 saturated carbocycles. The van der Waals surface area contributed by atoms with Gasteiger partial charge in [-0.25, -0.2) is 0 Å². The zero-order valence-corrected chi connectivity index (χ0v) is 12.1. The molecule has 0 saturated heterocycles. The molecule has 0 heterocycles. The molecule has 2 rings (SSSR count). The van der Waals surface area contributed by atoms with E-state index in [1.54, 1.807) is 0 Å². The highest BCUT2D eigenvalue weighted by Gasteiger charge is 2.05. The van der Waals surface area contributed by atoms with Gasteiger partial charge in [-0.05, 0) is 57.7 Å². The van der Waals surface area contributed by atoms with Crippen molar-refractivity contribution in [2.45, 2.75) is 19.8 Å². The maximum Gasteiger partial charge on any atom is 0.141 e. The fraction of sp³-hybridized carbons (Fsp3) is 0.200. The molecule has 18 heavy (non-hydrogen) atoms. The van der Waals surface area contributed by atoms with Crippen molar-refractivity contribution in [3.8, 4) is 11.5 Å². The molecule has 2 N–H and O–H groups in total. The first-order valence-electron chi connectivity index (χ1n) is 5.89. The van der Waals surface area contributed by atoms with Crippen molar-refractivity contribution in [3.05, 3.63) is 52.5 Å². The molecule has 0 atom stereocenters. The number of nitrogen functional groups attached to an aromatic ring is 1. The summed E-state index contributed by atoms with van der Waals surface area (Å²) in [4.78, 5) is 0. The van der Waals surface area contributed by atoms with Gasteiger partial charge in [0.1, 0.15) is 11.5 Å². The van der Waals surface area contributed by atoms with E-state index in [1.165, 1.54) is 5.56 Å². The minimum Gasteiger partial charge on any atom is -0.456 e. The van der Waals surface area contributed by atoms with Crippen LogP contribution in [0.3, 0.4) is 0 Å². The van der Waals surface area contributed by atoms with E-state index in [-0.39, 0.29) is 0 Å². The molecule has 2 aromatic carbocycles. The number of rotatable bonds is 3. The number of anilines is 1. The van der Waals surface area contributed by atoms with Crippen molar-refractivity contribution >= 4 is 21.6 Å². The van der Waals surface area contributed by atoms with E-state index in [4.69, 9.17) is 10.5 Å². The summed E-state index contributed by atoms with van der Waals surface area (Å²) in [5, 5.41) is 0. The summed E-state index contributed by atoms with van der Waals surface area (Å²) in [5.74, 6) is 2.10. The SMILES string of the molecule is CC(C)c1cccc(Oc2ccc(N)cc2Br)c1. The molecule has 0 aliphatic rings. The predicted molar refractivity (Wildman–Crippen MR) is 79.2 cm³/mol. The van der Waals surface area contributed by atoms with Crippen molar-refractivity contribution in [1.82, 2.24) is 0 Å². The molecule has 0 aromatic heterocycles. The van der Waals surface area contributed by atoms with Gasteiger partial charge in [0.25, 0.3) is 0 Å². The van der Waals surface area contributed by atoms with Gasteiger partial charge in [-0.1, -0.05) is 26.0 Å². The van der Waals surface area contributed by atoms with Crippen molar-refractivity contribution in [3.63, 3.8) is 0 Å². The maximum absolute atomic E-state index is 5.85. The Labute approximate surface area is 116 Å². The van der Waals surface area contributed by atoms with Crippen molar-refractivity contribution in [2.75, 3.05) is 5.73 Å². The Hall–Kier alpha value is -1.48. The zero-order chi connectivity index (χ0) is 13.1. The lowest BCUT2D eigenvalue weighted by Gasteiger charge is -2.11. The van der Waals surface area contributed by atoms with Gasteiger partial charge in [0.2, 0.25) is 0 Å². The normalized spacial score (nSPS) is 10.7. The standard InChI is InChI=1S/C15H16BrNO/c1-10(2)11-4-3-5-13(8-11)18-15-7-6-12(17)9-14(15)16/h3-10H,17H2,1-2H3. The van der Waals surface area contributed by atoms with E-state index >= 15 is 0 Å². The molecule has 0 bridgehead atoms. The van der Waals surface area contributed by atoms with E-state index in [2.05, 4.69) is 41.9 Å². The minimum atomic E-state index is 0.489. The van der Waals surface area contributed by atoms with E-state index in [1.807, 2.05) is 30.3 Å². The van der Waals surface area contributed by atoms with Crippen LogP contribution in [0.15, 0.2) is 46.9 Å². The first-order chi connectivity index (χ1) is 8.56. The largest absolute Gasteiger partial charge is 0.456 e. The summed E-state index contributed by atoms with van der Waals surface area (Å²) in [6.45, 7) is 4.33. The Morgan fingerprint density at radius 3 is 2.56 bits per heavy atom. The Balaban J connectivity index is 2.25. The van der Waals surface area contributed by atoms with Crippen LogP contribution < -0.4 is 10.5 Å². The number of ether oxygens (including phenoxy) is 1. The third-order valence-corrected chi connectivity index (χ3v) is 3.33. The number of nitrogens with two attached hydrogens (primary N) is 1. The van der Waals surface area contributed by atoms with Crippen molar-refractivity contribution in [1.29, 1.82) is 0 Å². The van der Waals surface area contributed by atoms with E-state index < -0.39 is 0 Å². The Kier molecular flexibility index (Phi) is 3.92. The van der Waals surface area contributed by atoms with Gasteiger partial charge < -0.3 is 10.5 Å². The molecule has 0 aliphatic heterocycles. The van der Waals surface area contributed by atoms with Gasteiger partial charge in [0.15, 0.2) is 0 Å². The molecule has 0 fully saturated rings. The summed E-state index contributed by atoms with van der Waals surface area (Å²) in [7, 11) is 0. The summed E-state index contributed by atoms with van der Waals surface area (Å²) < 4.78 is 6.71. The van der Waals surface area contributed by atoms with E-state index in [0.717, 1.165) is 16.0 Å². The summed E-state index contributed by atoms with van der Waals surface area (Å²) >= 11 is 3.45. The van der Waals surface area contributed by atoms with Crippen LogP contribution in [0.1, 0.15) is 25.3 Å². The molecule has 0 radical (unpaired) electrons. The zero-order valence-electron chi connectivity index (χ0n) is 10.5. The number of benzene rings is 2. The van der Waals surface area contributed by atoms with E-state index in [9.17, 15) is 0 Å². The van der Waals surface area contributed by atoms with Gasteiger partial charge in [-0.3, -0.25) is 0 Å². The minimum absolute atomic E-state index is 0.489. The van der Waals surface area contributed by atoms with Crippen LogP contribution in [-0.4, -0.2) is 0 Å². The summed E-state index contributed by atoms with van der Waals surface area (Å²) in [6.07, 6.45) is 0. The highest BCUT2D eigenvalue weighted by atomic mass is 79.9. The first-order valence-corrected chi connectivity index (χ1v) is 6.68. The number of halogens is 1. The second-order valence-corrected chi connectivity index (χ2v) is 5.37. The molecule has 2 aromatic rings. The quantitative estimate of drug-likeness (QED) is 0.815. The van der Waals surface area contributed by atoms with E-state index in [0.29, 0.717) is 11.6 Å². The van der Waals surface area contributed by atoms with Crippen molar-refractivity contribution < 1.29 is 4.74 Å². The average Bonchev–Trinajstić information content (AvgIpc) is 2.33. The lowest BCUT2D eigenvalue weighted by molar-refractivity contribution is 0.478. The Morgan fingerprint density at radius 2 is 1.89 bits per heavy atom. The molecular weight excluding hydrogens is 290 g/mol. The molecule has 0 spiro atoms. The molecular formula is C15H16BrNO. The Morgan fingerprint density at radius 1 is 1.11 bits per heavy atom. The summed E-state index contributed by atoms with van der Waals surface area (Å²) in [6, 6.07) is 13.7. The van der Waals surface area contributed by atoms with Crippen LogP contribution in [0.2, 0.25) is 0 Å². The number of hydrogen-bond acceptors (Lipinski definition) is 2. The van der Waals surface area contributed by atoms with Gasteiger partial charge in [0.05, 0.1) is 4.47 Å². The highest BCUT2D eigenvalue weighted by molar-refractivity contribution is 9.10. The smallest absolute Gasteiger partial charge is 0.141 e. The van der Waals surface area contributed by atoms with Gasteiger partial charge in [-0.2, -0.15) is 0 Å². The first kappa shape index (κ1) is 13.0. The van der Waals surface area contributed by atoms with Crippen molar-refractivity contribution in [2.24, 2.45) is 0 Å². The maximum atomic E-state index is 5.85. The molecule has 0 aliphatic carbocycles.